The summed E-state index contributed by atoms with van der Waals surface area (Å²) in [6.07, 6.45) is 2.82. The van der Waals surface area contributed by atoms with Crippen LogP contribution in [0, 0.1) is 5.92 Å². The zero-order valence-corrected chi connectivity index (χ0v) is 9.18. The zero-order valence-electron chi connectivity index (χ0n) is 9.18. The number of nitrogens with zero attached hydrogens (tertiary/aromatic N) is 3. The van der Waals surface area contributed by atoms with Crippen molar-refractivity contribution in [2.24, 2.45) is 11.7 Å². The monoisotopic (exact) mass is 224 g/mol. The number of amides is 1. The third kappa shape index (κ3) is 2.19. The summed E-state index contributed by atoms with van der Waals surface area (Å²) in [5.41, 5.74) is 5.86. The number of nitrogens with one attached hydrogen (secondary N) is 2. The van der Waals surface area contributed by atoms with Gasteiger partial charge in [-0.05, 0) is 19.8 Å². The predicted molar refractivity (Wildman–Crippen MR) is 56.1 cm³/mol. The van der Waals surface area contributed by atoms with Crippen molar-refractivity contribution >= 4 is 5.91 Å². The highest BCUT2D eigenvalue weighted by atomic mass is 16.2. The van der Waals surface area contributed by atoms with Crippen molar-refractivity contribution in [2.45, 2.75) is 38.3 Å². The third-order valence-electron chi connectivity index (χ3n) is 3.01. The standard InChI is InChI=1S/C9H16N6O/c1-5(8-12-14-15-13-8)11-9(16)6-3-2-4-7(6)10/h5-7H,2-4,10H2,1H3,(H,11,16)(H,12,13,14,15). The minimum atomic E-state index is -0.237. The number of nitrogens with two attached hydrogens (primary N) is 1. The molecule has 3 atom stereocenters. The van der Waals surface area contributed by atoms with Crippen LogP contribution in [-0.4, -0.2) is 32.6 Å². The number of aromatic amines is 1. The second-order valence-electron chi connectivity index (χ2n) is 4.20. The molecule has 1 saturated carbocycles. The van der Waals surface area contributed by atoms with Crippen LogP contribution in [0.3, 0.4) is 0 Å². The maximum absolute atomic E-state index is 11.9. The largest absolute Gasteiger partial charge is 0.346 e. The van der Waals surface area contributed by atoms with Gasteiger partial charge in [0.15, 0.2) is 5.82 Å². The molecule has 7 heteroatoms. The van der Waals surface area contributed by atoms with Crippen molar-refractivity contribution in [1.29, 1.82) is 0 Å². The van der Waals surface area contributed by atoms with Crippen LogP contribution in [0.2, 0.25) is 0 Å². The van der Waals surface area contributed by atoms with Crippen LogP contribution in [0.25, 0.3) is 0 Å². The first-order chi connectivity index (χ1) is 7.68. The fourth-order valence-electron chi connectivity index (χ4n) is 2.05. The Bertz CT molecular complexity index is 351. The highest BCUT2D eigenvalue weighted by Gasteiger charge is 2.31. The Morgan fingerprint density at radius 3 is 3.00 bits per heavy atom. The van der Waals surface area contributed by atoms with Gasteiger partial charge in [0.2, 0.25) is 5.91 Å². The van der Waals surface area contributed by atoms with E-state index in [-0.39, 0.29) is 23.9 Å². The van der Waals surface area contributed by atoms with Gasteiger partial charge in [0.25, 0.3) is 0 Å². The predicted octanol–water partition coefficient (Wildman–Crippen LogP) is -0.496. The second-order valence-corrected chi connectivity index (χ2v) is 4.20. The van der Waals surface area contributed by atoms with Gasteiger partial charge < -0.3 is 11.1 Å². The van der Waals surface area contributed by atoms with E-state index in [2.05, 4.69) is 25.9 Å². The summed E-state index contributed by atoms with van der Waals surface area (Å²) in [7, 11) is 0. The number of hydrogen-bond acceptors (Lipinski definition) is 5. The van der Waals surface area contributed by atoms with Gasteiger partial charge in [0.05, 0.1) is 12.0 Å². The van der Waals surface area contributed by atoms with E-state index in [1.165, 1.54) is 0 Å². The highest BCUT2D eigenvalue weighted by Crippen LogP contribution is 2.24. The number of rotatable bonds is 3. The summed E-state index contributed by atoms with van der Waals surface area (Å²) >= 11 is 0. The second kappa shape index (κ2) is 4.56. The molecule has 88 valence electrons. The van der Waals surface area contributed by atoms with Gasteiger partial charge in [-0.3, -0.25) is 4.79 Å². The van der Waals surface area contributed by atoms with E-state index in [4.69, 9.17) is 5.73 Å². The van der Waals surface area contributed by atoms with Gasteiger partial charge in [-0.25, -0.2) is 0 Å². The summed E-state index contributed by atoms with van der Waals surface area (Å²) < 4.78 is 0. The van der Waals surface area contributed by atoms with Crippen LogP contribution in [0.15, 0.2) is 0 Å². The van der Waals surface area contributed by atoms with Crippen LogP contribution in [0.1, 0.15) is 38.1 Å². The van der Waals surface area contributed by atoms with Crippen LogP contribution in [0.4, 0.5) is 0 Å². The van der Waals surface area contributed by atoms with E-state index < -0.39 is 0 Å². The summed E-state index contributed by atoms with van der Waals surface area (Å²) in [6, 6.07) is -0.253. The van der Waals surface area contributed by atoms with Crippen LogP contribution in [-0.2, 0) is 4.79 Å². The third-order valence-corrected chi connectivity index (χ3v) is 3.01. The Morgan fingerprint density at radius 2 is 2.44 bits per heavy atom. The van der Waals surface area contributed by atoms with Crippen molar-refractivity contribution < 1.29 is 4.79 Å². The molecule has 1 fully saturated rings. The summed E-state index contributed by atoms with van der Waals surface area (Å²) in [6.45, 7) is 1.82. The normalized spacial score (nSPS) is 26.6. The van der Waals surface area contributed by atoms with Crippen LogP contribution in [0.5, 0.6) is 0 Å². The lowest BCUT2D eigenvalue weighted by molar-refractivity contribution is -0.125. The number of carbonyl (C=O) groups excluding carboxylic acids is 1. The minimum Gasteiger partial charge on any atom is -0.346 e. The molecule has 1 aromatic rings. The Hall–Kier alpha value is -1.50. The van der Waals surface area contributed by atoms with Gasteiger partial charge in [-0.15, -0.1) is 10.2 Å². The first kappa shape index (κ1) is 11.0. The summed E-state index contributed by atoms with van der Waals surface area (Å²) in [5, 5.41) is 16.3. The molecule has 1 heterocycles. The Kier molecular flexibility index (Phi) is 3.14. The average molecular weight is 224 g/mol. The van der Waals surface area contributed by atoms with Crippen molar-refractivity contribution in [2.75, 3.05) is 0 Å². The van der Waals surface area contributed by atoms with E-state index in [1.54, 1.807) is 0 Å². The molecule has 1 aliphatic rings. The van der Waals surface area contributed by atoms with Gasteiger partial charge >= 0.3 is 0 Å². The van der Waals surface area contributed by atoms with E-state index in [1.807, 2.05) is 6.92 Å². The first-order valence-corrected chi connectivity index (χ1v) is 5.48. The van der Waals surface area contributed by atoms with E-state index in [0.29, 0.717) is 5.82 Å². The first-order valence-electron chi connectivity index (χ1n) is 5.48. The molecule has 4 N–H and O–H groups in total. The highest BCUT2D eigenvalue weighted by molar-refractivity contribution is 5.80. The number of tetrazole rings is 1. The zero-order chi connectivity index (χ0) is 11.5. The van der Waals surface area contributed by atoms with Crippen LogP contribution < -0.4 is 11.1 Å². The smallest absolute Gasteiger partial charge is 0.225 e. The fraction of sp³-hybridized carbons (Fsp3) is 0.778. The number of H-pyrrole nitrogens is 1. The molecular formula is C9H16N6O. The molecule has 16 heavy (non-hydrogen) atoms. The topological polar surface area (TPSA) is 110 Å². The Morgan fingerprint density at radius 1 is 1.62 bits per heavy atom. The quantitative estimate of drug-likeness (QED) is 0.641. The molecule has 1 amide bonds. The van der Waals surface area contributed by atoms with Crippen molar-refractivity contribution in [3.05, 3.63) is 5.82 Å². The number of hydrogen-bond donors (Lipinski definition) is 3. The summed E-state index contributed by atoms with van der Waals surface area (Å²) in [4.78, 5) is 11.9. The van der Waals surface area contributed by atoms with Crippen LogP contribution >= 0.6 is 0 Å². The SMILES string of the molecule is CC(NC(=O)C1CCCC1N)c1nn[nH]n1. The van der Waals surface area contributed by atoms with Crippen molar-refractivity contribution in [1.82, 2.24) is 25.9 Å². The lowest BCUT2D eigenvalue weighted by Gasteiger charge is -2.17. The van der Waals surface area contributed by atoms with Gasteiger partial charge in [0.1, 0.15) is 0 Å². The molecule has 0 bridgehead atoms. The molecule has 0 aromatic carbocycles. The Balaban J connectivity index is 1.92. The molecule has 2 rings (SSSR count). The summed E-state index contributed by atoms with van der Waals surface area (Å²) in [5.74, 6) is 0.400. The molecule has 0 saturated heterocycles. The Labute approximate surface area is 93.2 Å². The maximum Gasteiger partial charge on any atom is 0.225 e. The maximum atomic E-state index is 11.9. The molecule has 0 aliphatic heterocycles. The molecular weight excluding hydrogens is 208 g/mol. The molecule has 1 aliphatic carbocycles. The van der Waals surface area contributed by atoms with Crippen molar-refractivity contribution in [3.63, 3.8) is 0 Å². The molecule has 7 nitrogen and oxygen atoms in total. The van der Waals surface area contributed by atoms with E-state index >= 15 is 0 Å². The molecule has 1 aromatic heterocycles. The van der Waals surface area contributed by atoms with E-state index in [9.17, 15) is 4.79 Å². The van der Waals surface area contributed by atoms with Gasteiger partial charge in [-0.1, -0.05) is 11.6 Å². The lowest BCUT2D eigenvalue weighted by atomic mass is 10.0. The fourth-order valence-corrected chi connectivity index (χ4v) is 2.05. The number of aromatic nitrogens is 4. The lowest BCUT2D eigenvalue weighted by Crippen LogP contribution is -2.39. The minimum absolute atomic E-state index is 0.0118. The van der Waals surface area contributed by atoms with E-state index in [0.717, 1.165) is 19.3 Å². The molecule has 0 spiro atoms. The van der Waals surface area contributed by atoms with Crippen molar-refractivity contribution in [3.8, 4) is 0 Å². The molecule has 3 unspecified atom stereocenters. The average Bonchev–Trinajstić information content (AvgIpc) is 2.86. The van der Waals surface area contributed by atoms with Gasteiger partial charge in [0, 0.05) is 6.04 Å². The van der Waals surface area contributed by atoms with Gasteiger partial charge in [-0.2, -0.15) is 5.21 Å². The number of carbonyl (C=O) groups is 1. The molecule has 0 radical (unpaired) electrons.